The molecule has 0 radical (unpaired) electrons. The summed E-state index contributed by atoms with van der Waals surface area (Å²) in [6, 6.07) is 9.79. The Bertz CT molecular complexity index is 670. The van der Waals surface area contributed by atoms with Crippen molar-refractivity contribution in [3.63, 3.8) is 0 Å². The van der Waals surface area contributed by atoms with E-state index in [-0.39, 0.29) is 5.56 Å². The monoisotopic (exact) mass is 286 g/mol. The molecule has 21 heavy (non-hydrogen) atoms. The first-order valence-electron chi connectivity index (χ1n) is 6.21. The van der Waals surface area contributed by atoms with Crippen LogP contribution in [0.5, 0.6) is 0 Å². The predicted octanol–water partition coefficient (Wildman–Crippen LogP) is 2.18. The molecule has 1 heterocycles. The number of carboxylic acid groups (broad SMARTS) is 1. The van der Waals surface area contributed by atoms with Gasteiger partial charge in [-0.1, -0.05) is 12.1 Å². The van der Waals surface area contributed by atoms with E-state index >= 15 is 0 Å². The molecule has 0 fully saturated rings. The van der Waals surface area contributed by atoms with Gasteiger partial charge in [-0.25, -0.2) is 14.6 Å². The average Bonchev–Trinajstić information content (AvgIpc) is 2.52. The molecule has 0 bridgehead atoms. The van der Waals surface area contributed by atoms with Crippen LogP contribution in [0.2, 0.25) is 0 Å². The van der Waals surface area contributed by atoms with Crippen molar-refractivity contribution in [1.29, 1.82) is 0 Å². The standard InChI is InChI=1S/C15H14N2O4/c1-21-15(20)12-6-3-7-16-13(12)17-9-10-4-2-5-11(8-10)14(18)19/h2-8H,9H2,1H3,(H,16,17)(H,18,19). The van der Waals surface area contributed by atoms with Crippen LogP contribution in [0.4, 0.5) is 5.82 Å². The molecule has 1 aromatic carbocycles. The van der Waals surface area contributed by atoms with E-state index in [0.717, 1.165) is 5.56 Å². The molecular weight excluding hydrogens is 272 g/mol. The molecule has 6 heteroatoms. The number of aromatic carboxylic acids is 1. The summed E-state index contributed by atoms with van der Waals surface area (Å²) >= 11 is 0. The molecule has 1 aromatic heterocycles. The minimum Gasteiger partial charge on any atom is -0.478 e. The van der Waals surface area contributed by atoms with Crippen molar-refractivity contribution in [3.8, 4) is 0 Å². The molecule has 0 aliphatic rings. The van der Waals surface area contributed by atoms with Crippen LogP contribution in [-0.2, 0) is 11.3 Å². The van der Waals surface area contributed by atoms with Crippen LogP contribution < -0.4 is 5.32 Å². The summed E-state index contributed by atoms with van der Waals surface area (Å²) in [4.78, 5) is 26.6. The number of ether oxygens (including phenoxy) is 1. The Morgan fingerprint density at radius 3 is 2.81 bits per heavy atom. The Balaban J connectivity index is 2.15. The lowest BCUT2D eigenvalue weighted by molar-refractivity contribution is 0.0600. The van der Waals surface area contributed by atoms with Crippen molar-refractivity contribution in [3.05, 3.63) is 59.3 Å². The van der Waals surface area contributed by atoms with Gasteiger partial charge in [0.1, 0.15) is 11.4 Å². The third-order valence-corrected chi connectivity index (χ3v) is 2.85. The Kier molecular flexibility index (Phi) is 4.50. The minimum absolute atomic E-state index is 0.212. The quantitative estimate of drug-likeness (QED) is 0.819. The highest BCUT2D eigenvalue weighted by atomic mass is 16.5. The molecule has 0 atom stereocenters. The first-order valence-corrected chi connectivity index (χ1v) is 6.21. The summed E-state index contributed by atoms with van der Waals surface area (Å²) in [5.41, 5.74) is 1.31. The van der Waals surface area contributed by atoms with Crippen LogP contribution in [0.15, 0.2) is 42.6 Å². The van der Waals surface area contributed by atoms with Gasteiger partial charge < -0.3 is 15.2 Å². The van der Waals surface area contributed by atoms with E-state index in [1.165, 1.54) is 13.2 Å². The molecule has 2 N–H and O–H groups in total. The number of carbonyl (C=O) groups is 2. The molecular formula is C15H14N2O4. The van der Waals surface area contributed by atoms with Gasteiger partial charge in [-0.05, 0) is 29.8 Å². The highest BCUT2D eigenvalue weighted by Crippen LogP contribution is 2.14. The van der Waals surface area contributed by atoms with Crippen LogP contribution in [0, 0.1) is 0 Å². The second-order valence-electron chi connectivity index (χ2n) is 4.25. The van der Waals surface area contributed by atoms with Crippen LogP contribution in [0.25, 0.3) is 0 Å². The minimum atomic E-state index is -0.982. The molecule has 0 spiro atoms. The number of carbonyl (C=O) groups excluding carboxylic acids is 1. The first kappa shape index (κ1) is 14.5. The fraction of sp³-hybridized carbons (Fsp3) is 0.133. The number of methoxy groups -OCH3 is 1. The number of nitrogens with one attached hydrogen (secondary N) is 1. The Morgan fingerprint density at radius 1 is 1.29 bits per heavy atom. The van der Waals surface area contributed by atoms with E-state index < -0.39 is 11.9 Å². The van der Waals surface area contributed by atoms with E-state index in [1.807, 2.05) is 0 Å². The zero-order valence-corrected chi connectivity index (χ0v) is 11.4. The largest absolute Gasteiger partial charge is 0.478 e. The molecule has 0 aliphatic heterocycles. The number of hydrogen-bond donors (Lipinski definition) is 2. The summed E-state index contributed by atoms with van der Waals surface area (Å²) in [7, 11) is 1.30. The number of carboxylic acids is 1. The van der Waals surface area contributed by atoms with E-state index in [4.69, 9.17) is 5.11 Å². The van der Waals surface area contributed by atoms with E-state index in [9.17, 15) is 9.59 Å². The number of pyridine rings is 1. The molecule has 0 amide bonds. The first-order chi connectivity index (χ1) is 10.1. The maximum atomic E-state index is 11.6. The SMILES string of the molecule is COC(=O)c1cccnc1NCc1cccc(C(=O)O)c1. The van der Waals surface area contributed by atoms with Crippen LogP contribution >= 0.6 is 0 Å². The van der Waals surface area contributed by atoms with E-state index in [2.05, 4.69) is 15.0 Å². The highest BCUT2D eigenvalue weighted by molar-refractivity contribution is 5.94. The number of rotatable bonds is 5. The smallest absolute Gasteiger partial charge is 0.341 e. The van der Waals surface area contributed by atoms with E-state index in [1.54, 1.807) is 36.5 Å². The molecule has 6 nitrogen and oxygen atoms in total. The number of anilines is 1. The van der Waals surface area contributed by atoms with Gasteiger partial charge in [0.25, 0.3) is 0 Å². The van der Waals surface area contributed by atoms with Gasteiger partial charge in [0.2, 0.25) is 0 Å². The number of nitrogens with zero attached hydrogens (tertiary/aromatic N) is 1. The summed E-state index contributed by atoms with van der Waals surface area (Å²) in [6.45, 7) is 0.349. The van der Waals surface area contributed by atoms with Gasteiger partial charge >= 0.3 is 11.9 Å². The summed E-state index contributed by atoms with van der Waals surface area (Å²) in [5.74, 6) is -1.07. The van der Waals surface area contributed by atoms with Gasteiger partial charge in [0, 0.05) is 12.7 Å². The fourth-order valence-corrected chi connectivity index (χ4v) is 1.82. The zero-order chi connectivity index (χ0) is 15.2. The lowest BCUT2D eigenvalue weighted by Gasteiger charge is -2.09. The molecule has 0 saturated heterocycles. The second-order valence-corrected chi connectivity index (χ2v) is 4.25. The van der Waals surface area contributed by atoms with Gasteiger partial charge in [0.15, 0.2) is 0 Å². The van der Waals surface area contributed by atoms with Crippen LogP contribution in [-0.4, -0.2) is 29.1 Å². The summed E-state index contributed by atoms with van der Waals surface area (Å²) in [6.07, 6.45) is 1.56. The summed E-state index contributed by atoms with van der Waals surface area (Å²) in [5, 5.41) is 12.0. The molecule has 108 valence electrons. The third kappa shape index (κ3) is 3.56. The van der Waals surface area contributed by atoms with Crippen molar-refractivity contribution >= 4 is 17.8 Å². The number of benzene rings is 1. The lowest BCUT2D eigenvalue weighted by Crippen LogP contribution is -2.10. The Morgan fingerprint density at radius 2 is 2.10 bits per heavy atom. The number of aromatic nitrogens is 1. The van der Waals surface area contributed by atoms with Crippen molar-refractivity contribution in [2.24, 2.45) is 0 Å². The van der Waals surface area contributed by atoms with Crippen molar-refractivity contribution in [1.82, 2.24) is 4.98 Å². The average molecular weight is 286 g/mol. The lowest BCUT2D eigenvalue weighted by atomic mass is 10.1. The van der Waals surface area contributed by atoms with Gasteiger partial charge in [-0.2, -0.15) is 0 Å². The molecule has 2 aromatic rings. The maximum Gasteiger partial charge on any atom is 0.341 e. The van der Waals surface area contributed by atoms with E-state index in [0.29, 0.717) is 17.9 Å². The van der Waals surface area contributed by atoms with Crippen molar-refractivity contribution < 1.29 is 19.4 Å². The van der Waals surface area contributed by atoms with Crippen LogP contribution in [0.1, 0.15) is 26.3 Å². The van der Waals surface area contributed by atoms with Gasteiger partial charge in [0.05, 0.1) is 12.7 Å². The van der Waals surface area contributed by atoms with Gasteiger partial charge in [-0.3, -0.25) is 0 Å². The highest BCUT2D eigenvalue weighted by Gasteiger charge is 2.12. The number of esters is 1. The van der Waals surface area contributed by atoms with Crippen LogP contribution in [0.3, 0.4) is 0 Å². The topological polar surface area (TPSA) is 88.5 Å². The third-order valence-electron chi connectivity index (χ3n) is 2.85. The van der Waals surface area contributed by atoms with Crippen molar-refractivity contribution in [2.45, 2.75) is 6.54 Å². The maximum absolute atomic E-state index is 11.6. The normalized spacial score (nSPS) is 9.95. The number of hydrogen-bond acceptors (Lipinski definition) is 5. The predicted molar refractivity (Wildman–Crippen MR) is 76.3 cm³/mol. The molecule has 0 aliphatic carbocycles. The molecule has 0 unspecified atom stereocenters. The Hall–Kier alpha value is -2.89. The zero-order valence-electron chi connectivity index (χ0n) is 11.4. The fourth-order valence-electron chi connectivity index (χ4n) is 1.82. The van der Waals surface area contributed by atoms with Gasteiger partial charge in [-0.15, -0.1) is 0 Å². The molecule has 0 saturated carbocycles. The second kappa shape index (κ2) is 6.51. The van der Waals surface area contributed by atoms with Crippen molar-refractivity contribution in [2.75, 3.05) is 12.4 Å². The Labute approximate surface area is 121 Å². The molecule has 2 rings (SSSR count). The summed E-state index contributed by atoms with van der Waals surface area (Å²) < 4.78 is 4.68.